The summed E-state index contributed by atoms with van der Waals surface area (Å²) in [5, 5.41) is 0. The van der Waals surface area contributed by atoms with Gasteiger partial charge in [0.15, 0.2) is 0 Å². The molecule has 1 aliphatic carbocycles. The van der Waals surface area contributed by atoms with Crippen LogP contribution in [-0.4, -0.2) is 55.1 Å². The second-order valence-electron chi connectivity index (χ2n) is 5.67. The molecule has 0 aromatic heterocycles. The number of carbonyl (C=O) groups excluding carboxylic acids is 1. The van der Waals surface area contributed by atoms with Crippen molar-refractivity contribution in [2.75, 3.05) is 33.4 Å². The average Bonchev–Trinajstić information content (AvgIpc) is 3.32. The van der Waals surface area contributed by atoms with Crippen molar-refractivity contribution in [3.05, 3.63) is 35.9 Å². The van der Waals surface area contributed by atoms with Gasteiger partial charge in [-0.2, -0.15) is 0 Å². The monoisotopic (exact) mass is 274 g/mol. The lowest BCUT2D eigenvalue weighted by molar-refractivity contribution is -0.140. The number of piperazine rings is 1. The zero-order valence-corrected chi connectivity index (χ0v) is 12.0. The first-order chi connectivity index (χ1) is 9.79. The number of carbonyl (C=O) groups is 1. The first kappa shape index (κ1) is 13.6. The van der Waals surface area contributed by atoms with Gasteiger partial charge in [-0.05, 0) is 18.4 Å². The lowest BCUT2D eigenvalue weighted by Crippen LogP contribution is -2.52. The maximum atomic E-state index is 12.3. The predicted octanol–water partition coefficient (Wildman–Crippen LogP) is 1.68. The second-order valence-corrected chi connectivity index (χ2v) is 5.67. The molecule has 1 aromatic carbocycles. The molecule has 1 saturated heterocycles. The van der Waals surface area contributed by atoms with Crippen molar-refractivity contribution in [3.8, 4) is 0 Å². The van der Waals surface area contributed by atoms with Crippen LogP contribution in [0.15, 0.2) is 30.3 Å². The van der Waals surface area contributed by atoms with Crippen molar-refractivity contribution in [2.24, 2.45) is 0 Å². The molecule has 0 bridgehead atoms. The van der Waals surface area contributed by atoms with E-state index in [1.165, 1.54) is 18.4 Å². The Labute approximate surface area is 120 Å². The minimum atomic E-state index is 0.0943. The number of hydrogen-bond donors (Lipinski definition) is 0. The molecule has 108 valence electrons. The molecule has 1 amide bonds. The number of nitrogens with zero attached hydrogens (tertiary/aromatic N) is 2. The average molecular weight is 274 g/mol. The quantitative estimate of drug-likeness (QED) is 0.837. The van der Waals surface area contributed by atoms with E-state index in [0.717, 1.165) is 25.7 Å². The highest BCUT2D eigenvalue weighted by Crippen LogP contribution is 2.33. The van der Waals surface area contributed by atoms with Crippen LogP contribution in [0.2, 0.25) is 0 Å². The number of hydrogen-bond acceptors (Lipinski definition) is 3. The molecule has 0 unspecified atom stereocenters. The van der Waals surface area contributed by atoms with E-state index in [0.29, 0.717) is 0 Å². The van der Waals surface area contributed by atoms with Crippen molar-refractivity contribution >= 4 is 5.91 Å². The third-order valence-corrected chi connectivity index (χ3v) is 4.25. The van der Waals surface area contributed by atoms with Gasteiger partial charge in [0.25, 0.3) is 0 Å². The van der Waals surface area contributed by atoms with Crippen molar-refractivity contribution < 1.29 is 9.53 Å². The molecule has 1 aromatic rings. The number of benzene rings is 1. The summed E-state index contributed by atoms with van der Waals surface area (Å²) in [5.41, 5.74) is 1.22. The Morgan fingerprint density at radius 1 is 1.25 bits per heavy atom. The molecule has 0 radical (unpaired) electrons. The van der Waals surface area contributed by atoms with E-state index in [-0.39, 0.29) is 18.6 Å². The van der Waals surface area contributed by atoms with Crippen LogP contribution in [0.4, 0.5) is 0 Å². The van der Waals surface area contributed by atoms with Crippen LogP contribution < -0.4 is 0 Å². The Morgan fingerprint density at radius 3 is 2.65 bits per heavy atom. The van der Waals surface area contributed by atoms with E-state index >= 15 is 0 Å². The van der Waals surface area contributed by atoms with Crippen LogP contribution >= 0.6 is 0 Å². The fraction of sp³-hybridized carbons (Fsp3) is 0.562. The topological polar surface area (TPSA) is 32.8 Å². The molecule has 0 spiro atoms. The largest absolute Gasteiger partial charge is 0.375 e. The molecule has 3 rings (SSSR count). The number of ether oxygens (including phenoxy) is 1. The molecule has 4 heteroatoms. The zero-order valence-electron chi connectivity index (χ0n) is 12.0. The highest BCUT2D eigenvalue weighted by Gasteiger charge is 2.37. The Balaban J connectivity index is 1.79. The lowest BCUT2D eigenvalue weighted by atomic mass is 10.0. The van der Waals surface area contributed by atoms with Crippen LogP contribution in [-0.2, 0) is 9.53 Å². The normalized spacial score (nSPS) is 23.9. The smallest absolute Gasteiger partial charge is 0.249 e. The van der Waals surface area contributed by atoms with Gasteiger partial charge in [-0.1, -0.05) is 30.3 Å². The summed E-state index contributed by atoms with van der Waals surface area (Å²) in [6.45, 7) is 2.92. The van der Waals surface area contributed by atoms with Gasteiger partial charge in [-0.25, -0.2) is 0 Å². The molecule has 20 heavy (non-hydrogen) atoms. The second kappa shape index (κ2) is 5.94. The maximum absolute atomic E-state index is 12.3. The maximum Gasteiger partial charge on any atom is 0.249 e. The van der Waals surface area contributed by atoms with Crippen molar-refractivity contribution in [1.82, 2.24) is 9.80 Å². The van der Waals surface area contributed by atoms with Gasteiger partial charge in [0, 0.05) is 32.8 Å². The van der Waals surface area contributed by atoms with E-state index in [4.69, 9.17) is 4.74 Å². The third kappa shape index (κ3) is 2.86. The van der Waals surface area contributed by atoms with E-state index in [9.17, 15) is 4.79 Å². The summed E-state index contributed by atoms with van der Waals surface area (Å²) < 4.78 is 5.02. The molecule has 1 atom stereocenters. The molecule has 1 heterocycles. The molecular formula is C16H22N2O2. The third-order valence-electron chi connectivity index (χ3n) is 4.25. The molecule has 0 N–H and O–H groups in total. The van der Waals surface area contributed by atoms with Crippen LogP contribution in [0, 0.1) is 0 Å². The van der Waals surface area contributed by atoms with Gasteiger partial charge in [0.05, 0.1) is 6.04 Å². The molecule has 2 aliphatic rings. The summed E-state index contributed by atoms with van der Waals surface area (Å²) in [6.07, 6.45) is 2.63. The fourth-order valence-corrected chi connectivity index (χ4v) is 3.04. The first-order valence-corrected chi connectivity index (χ1v) is 7.37. The molecule has 2 fully saturated rings. The van der Waals surface area contributed by atoms with Gasteiger partial charge in [-0.15, -0.1) is 0 Å². The number of methoxy groups -OCH3 is 1. The summed E-state index contributed by atoms with van der Waals surface area (Å²) in [4.78, 5) is 16.8. The minimum absolute atomic E-state index is 0.0943. The molecule has 1 saturated carbocycles. The van der Waals surface area contributed by atoms with Crippen molar-refractivity contribution in [2.45, 2.75) is 24.9 Å². The summed E-state index contributed by atoms with van der Waals surface area (Å²) >= 11 is 0. The number of rotatable bonds is 4. The highest BCUT2D eigenvalue weighted by molar-refractivity contribution is 5.78. The van der Waals surface area contributed by atoms with Crippen LogP contribution in [0.1, 0.15) is 24.4 Å². The Morgan fingerprint density at radius 2 is 2.00 bits per heavy atom. The van der Waals surface area contributed by atoms with E-state index in [1.54, 1.807) is 7.11 Å². The van der Waals surface area contributed by atoms with E-state index in [2.05, 4.69) is 17.0 Å². The SMILES string of the molecule is COCC(=O)N1CCN(C2CC2)C[C@@H]1c1ccccc1. The van der Waals surface area contributed by atoms with Crippen LogP contribution in [0.25, 0.3) is 0 Å². The first-order valence-electron chi connectivity index (χ1n) is 7.37. The minimum Gasteiger partial charge on any atom is -0.375 e. The zero-order chi connectivity index (χ0) is 13.9. The Bertz CT molecular complexity index is 459. The van der Waals surface area contributed by atoms with Gasteiger partial charge in [-0.3, -0.25) is 9.69 Å². The molecular weight excluding hydrogens is 252 g/mol. The van der Waals surface area contributed by atoms with Crippen LogP contribution in [0.3, 0.4) is 0 Å². The number of amides is 1. The highest BCUT2D eigenvalue weighted by atomic mass is 16.5. The van der Waals surface area contributed by atoms with Crippen molar-refractivity contribution in [3.63, 3.8) is 0 Å². The summed E-state index contributed by atoms with van der Waals surface area (Å²) in [6, 6.07) is 11.3. The van der Waals surface area contributed by atoms with Gasteiger partial charge < -0.3 is 9.64 Å². The summed E-state index contributed by atoms with van der Waals surface area (Å²) in [5.74, 6) is 0.0943. The standard InChI is InChI=1S/C16H22N2O2/c1-20-12-16(19)18-10-9-17(14-7-8-14)11-15(18)13-5-3-2-4-6-13/h2-6,14-15H,7-12H2,1H3/t15-/m1/s1. The van der Waals surface area contributed by atoms with E-state index in [1.807, 2.05) is 23.1 Å². The van der Waals surface area contributed by atoms with Gasteiger partial charge >= 0.3 is 0 Å². The van der Waals surface area contributed by atoms with Crippen molar-refractivity contribution in [1.29, 1.82) is 0 Å². The fourth-order valence-electron chi connectivity index (χ4n) is 3.04. The van der Waals surface area contributed by atoms with Gasteiger partial charge in [0.2, 0.25) is 5.91 Å². The summed E-state index contributed by atoms with van der Waals surface area (Å²) in [7, 11) is 1.58. The molecule has 4 nitrogen and oxygen atoms in total. The lowest BCUT2D eigenvalue weighted by Gasteiger charge is -2.42. The molecule has 1 aliphatic heterocycles. The van der Waals surface area contributed by atoms with Crippen LogP contribution in [0.5, 0.6) is 0 Å². The van der Waals surface area contributed by atoms with E-state index < -0.39 is 0 Å². The van der Waals surface area contributed by atoms with Gasteiger partial charge in [0.1, 0.15) is 6.61 Å². The predicted molar refractivity (Wildman–Crippen MR) is 77.4 cm³/mol. The Kier molecular flexibility index (Phi) is 4.03. The Hall–Kier alpha value is -1.39.